The van der Waals surface area contributed by atoms with E-state index in [1.165, 1.54) is 12.1 Å². The fraction of sp³-hybridized carbons (Fsp3) is 0. The Kier molecular flexibility index (Phi) is 2.29. The van der Waals surface area contributed by atoms with Crippen molar-refractivity contribution < 1.29 is 4.39 Å². The molecule has 3 aromatic rings. The van der Waals surface area contributed by atoms with Crippen molar-refractivity contribution in [3.63, 3.8) is 0 Å². The number of hydrogen-bond donors (Lipinski definition) is 0. The van der Waals surface area contributed by atoms with Crippen molar-refractivity contribution in [3.8, 4) is 11.1 Å². The number of fused-ring (bicyclic) bond motifs is 1. The van der Waals surface area contributed by atoms with Gasteiger partial charge in [-0.05, 0) is 35.9 Å². The van der Waals surface area contributed by atoms with Crippen LogP contribution in [-0.4, -0.2) is 9.97 Å². The Morgan fingerprint density at radius 2 is 1.71 bits per heavy atom. The van der Waals surface area contributed by atoms with Crippen LogP contribution in [0.25, 0.3) is 22.0 Å². The van der Waals surface area contributed by atoms with E-state index in [9.17, 15) is 4.39 Å². The molecule has 0 radical (unpaired) electrons. The summed E-state index contributed by atoms with van der Waals surface area (Å²) in [4.78, 5) is 8.23. The molecule has 0 spiro atoms. The Balaban J connectivity index is 2.17. The summed E-state index contributed by atoms with van der Waals surface area (Å²) in [6.07, 6.45) is 5.23. The predicted octanol–water partition coefficient (Wildman–Crippen LogP) is 3.44. The molecule has 3 heteroatoms. The zero-order valence-electron chi connectivity index (χ0n) is 8.97. The molecule has 0 atom stereocenters. The van der Waals surface area contributed by atoms with Crippen molar-refractivity contribution in [2.75, 3.05) is 0 Å². The molecule has 0 saturated carbocycles. The van der Waals surface area contributed by atoms with E-state index >= 15 is 0 Å². The van der Waals surface area contributed by atoms with Gasteiger partial charge in [-0.25, -0.2) is 4.39 Å². The fourth-order valence-electron chi connectivity index (χ4n) is 1.80. The molecular formula is C14H9FN2. The Labute approximate surface area is 97.8 Å². The number of benzene rings is 1. The largest absolute Gasteiger partial charge is 0.265 e. The Bertz CT molecular complexity index is 665. The van der Waals surface area contributed by atoms with Gasteiger partial charge in [0.05, 0.1) is 5.52 Å². The Hall–Kier alpha value is -2.29. The molecule has 3 rings (SSSR count). The second-order valence-electron chi connectivity index (χ2n) is 3.80. The number of hydrogen-bond acceptors (Lipinski definition) is 2. The first-order chi connectivity index (χ1) is 8.33. The Morgan fingerprint density at radius 3 is 2.53 bits per heavy atom. The van der Waals surface area contributed by atoms with E-state index in [0.717, 1.165) is 16.5 Å². The maximum Gasteiger partial charge on any atom is 0.125 e. The summed E-state index contributed by atoms with van der Waals surface area (Å²) in [6.45, 7) is 0. The Morgan fingerprint density at radius 1 is 0.882 bits per heavy atom. The molecule has 2 heterocycles. The van der Waals surface area contributed by atoms with Gasteiger partial charge >= 0.3 is 0 Å². The van der Waals surface area contributed by atoms with Crippen LogP contribution in [0.1, 0.15) is 0 Å². The highest BCUT2D eigenvalue weighted by molar-refractivity contribution is 5.83. The molecule has 0 aliphatic rings. The number of aromatic nitrogens is 2. The number of pyridine rings is 2. The second-order valence-corrected chi connectivity index (χ2v) is 3.80. The lowest BCUT2D eigenvalue weighted by atomic mass is 10.1. The van der Waals surface area contributed by atoms with E-state index < -0.39 is 0 Å². The zero-order chi connectivity index (χ0) is 11.7. The smallest absolute Gasteiger partial charge is 0.125 e. The first kappa shape index (κ1) is 9.90. The number of nitrogens with zero attached hydrogens (tertiary/aromatic N) is 2. The molecule has 0 fully saturated rings. The first-order valence-electron chi connectivity index (χ1n) is 5.29. The number of rotatable bonds is 1. The predicted molar refractivity (Wildman–Crippen MR) is 64.9 cm³/mol. The summed E-state index contributed by atoms with van der Waals surface area (Å²) in [5.41, 5.74) is 2.73. The molecule has 0 aliphatic heterocycles. The molecule has 1 aromatic carbocycles. The van der Waals surface area contributed by atoms with E-state index in [2.05, 4.69) is 9.97 Å². The third-order valence-corrected chi connectivity index (χ3v) is 2.66. The van der Waals surface area contributed by atoms with Crippen molar-refractivity contribution >= 4 is 10.9 Å². The lowest BCUT2D eigenvalue weighted by molar-refractivity contribution is 0.629. The maximum atomic E-state index is 13.0. The zero-order valence-corrected chi connectivity index (χ0v) is 8.97. The van der Waals surface area contributed by atoms with E-state index in [-0.39, 0.29) is 5.82 Å². The normalized spacial score (nSPS) is 10.6. The highest BCUT2D eigenvalue weighted by Crippen LogP contribution is 2.22. The van der Waals surface area contributed by atoms with Gasteiger partial charge in [-0.15, -0.1) is 0 Å². The first-order valence-corrected chi connectivity index (χ1v) is 5.29. The summed E-state index contributed by atoms with van der Waals surface area (Å²) >= 11 is 0. The quantitative estimate of drug-likeness (QED) is 0.632. The van der Waals surface area contributed by atoms with Gasteiger partial charge < -0.3 is 0 Å². The summed E-state index contributed by atoms with van der Waals surface area (Å²) in [7, 11) is 0. The fourth-order valence-corrected chi connectivity index (χ4v) is 1.80. The van der Waals surface area contributed by atoms with Crippen LogP contribution in [0.4, 0.5) is 4.39 Å². The van der Waals surface area contributed by atoms with Gasteiger partial charge in [0.15, 0.2) is 0 Å². The van der Waals surface area contributed by atoms with Gasteiger partial charge in [-0.1, -0.05) is 0 Å². The molecule has 0 N–H and O–H groups in total. The van der Waals surface area contributed by atoms with Gasteiger partial charge in [0.2, 0.25) is 0 Å². The average molecular weight is 224 g/mol. The van der Waals surface area contributed by atoms with E-state index in [1.54, 1.807) is 24.7 Å². The van der Waals surface area contributed by atoms with E-state index in [4.69, 9.17) is 0 Å². The van der Waals surface area contributed by atoms with Gasteiger partial charge in [0, 0.05) is 35.6 Å². The lowest BCUT2D eigenvalue weighted by Gasteiger charge is -2.03. The van der Waals surface area contributed by atoms with Crippen LogP contribution >= 0.6 is 0 Å². The van der Waals surface area contributed by atoms with Crippen molar-refractivity contribution in [1.29, 1.82) is 0 Å². The highest BCUT2D eigenvalue weighted by Gasteiger charge is 2.01. The van der Waals surface area contributed by atoms with Crippen molar-refractivity contribution in [3.05, 3.63) is 60.8 Å². The molecule has 0 saturated heterocycles. The highest BCUT2D eigenvalue weighted by atomic mass is 19.1. The van der Waals surface area contributed by atoms with Crippen molar-refractivity contribution in [2.24, 2.45) is 0 Å². The van der Waals surface area contributed by atoms with Gasteiger partial charge in [-0.3, -0.25) is 9.97 Å². The standard InChI is InChI=1S/C14H9FN2/c15-13-2-1-11-7-12(9-17-14(11)8-13)10-3-5-16-6-4-10/h1-9H. The SMILES string of the molecule is Fc1ccc2cc(-c3ccncc3)cnc2c1. The lowest BCUT2D eigenvalue weighted by Crippen LogP contribution is -1.84. The molecule has 17 heavy (non-hydrogen) atoms. The van der Waals surface area contributed by atoms with Crippen LogP contribution in [-0.2, 0) is 0 Å². The number of halogens is 1. The third-order valence-electron chi connectivity index (χ3n) is 2.66. The monoisotopic (exact) mass is 224 g/mol. The van der Waals surface area contributed by atoms with Crippen molar-refractivity contribution in [2.45, 2.75) is 0 Å². The van der Waals surface area contributed by atoms with Crippen LogP contribution < -0.4 is 0 Å². The molecule has 2 aromatic heterocycles. The summed E-state index contributed by atoms with van der Waals surface area (Å²) in [6, 6.07) is 10.5. The second kappa shape index (κ2) is 3.94. The summed E-state index contributed by atoms with van der Waals surface area (Å²) in [5, 5.41) is 0.931. The molecular weight excluding hydrogens is 215 g/mol. The minimum atomic E-state index is -0.262. The topological polar surface area (TPSA) is 25.8 Å². The van der Waals surface area contributed by atoms with Crippen LogP contribution in [0.15, 0.2) is 55.0 Å². The van der Waals surface area contributed by atoms with Crippen LogP contribution in [0.3, 0.4) is 0 Å². The van der Waals surface area contributed by atoms with Crippen LogP contribution in [0.5, 0.6) is 0 Å². The molecule has 0 aliphatic carbocycles. The van der Waals surface area contributed by atoms with Crippen LogP contribution in [0, 0.1) is 5.82 Å². The molecule has 0 unspecified atom stereocenters. The molecule has 0 amide bonds. The van der Waals surface area contributed by atoms with Crippen LogP contribution in [0.2, 0.25) is 0 Å². The van der Waals surface area contributed by atoms with E-state index in [0.29, 0.717) is 5.52 Å². The van der Waals surface area contributed by atoms with E-state index in [1.807, 2.05) is 18.2 Å². The molecule has 82 valence electrons. The molecule has 2 nitrogen and oxygen atoms in total. The van der Waals surface area contributed by atoms with Crippen molar-refractivity contribution in [1.82, 2.24) is 9.97 Å². The minimum Gasteiger partial charge on any atom is -0.265 e. The summed E-state index contributed by atoms with van der Waals surface area (Å²) < 4.78 is 13.0. The third kappa shape index (κ3) is 1.87. The maximum absolute atomic E-state index is 13.0. The van der Waals surface area contributed by atoms with Gasteiger partial charge in [0.1, 0.15) is 5.82 Å². The summed E-state index contributed by atoms with van der Waals surface area (Å²) in [5.74, 6) is -0.262. The minimum absolute atomic E-state index is 0.262. The van der Waals surface area contributed by atoms with Gasteiger partial charge in [0.25, 0.3) is 0 Å². The average Bonchev–Trinajstić information content (AvgIpc) is 2.39. The molecule has 0 bridgehead atoms. The van der Waals surface area contributed by atoms with Gasteiger partial charge in [-0.2, -0.15) is 0 Å².